The lowest BCUT2D eigenvalue weighted by atomic mass is 9.53. The summed E-state index contributed by atoms with van der Waals surface area (Å²) in [7, 11) is -3.65. The SMILES string of the molecule is Cc1cccc(OC(C)(C)C(=N)N(C#N)C2C3CC4CC2CC(S(N)(=O)=O)(C4)C3)c1. The normalized spacial score (nSPS) is 32.5. The van der Waals surface area contributed by atoms with Crippen molar-refractivity contribution in [2.45, 2.75) is 69.3 Å². The molecule has 1 aromatic rings. The number of nitriles is 1. The van der Waals surface area contributed by atoms with Gasteiger partial charge in [-0.05, 0) is 88.3 Å². The van der Waals surface area contributed by atoms with Crippen LogP contribution in [0.1, 0.15) is 51.5 Å². The molecule has 4 aliphatic rings. The summed E-state index contributed by atoms with van der Waals surface area (Å²) in [6, 6.07) is 7.45. The number of nitrogens with zero attached hydrogens (tertiary/aromatic N) is 2. The molecule has 30 heavy (non-hydrogen) atoms. The molecule has 7 nitrogen and oxygen atoms in total. The highest BCUT2D eigenvalue weighted by molar-refractivity contribution is 7.90. The molecular formula is C22H30N4O3S. The van der Waals surface area contributed by atoms with Gasteiger partial charge in [-0.25, -0.2) is 13.6 Å². The Labute approximate surface area is 178 Å². The molecule has 5 rings (SSSR count). The molecule has 2 atom stereocenters. The fourth-order valence-electron chi connectivity index (χ4n) is 6.27. The maximum atomic E-state index is 12.4. The number of benzene rings is 1. The third-order valence-corrected chi connectivity index (χ3v) is 9.06. The molecule has 4 saturated carbocycles. The number of amidine groups is 1. The molecular weight excluding hydrogens is 400 g/mol. The van der Waals surface area contributed by atoms with Crippen molar-refractivity contribution in [2.75, 3.05) is 0 Å². The van der Waals surface area contributed by atoms with Gasteiger partial charge in [0.2, 0.25) is 10.0 Å². The molecule has 2 unspecified atom stereocenters. The van der Waals surface area contributed by atoms with Crippen LogP contribution in [0.25, 0.3) is 0 Å². The van der Waals surface area contributed by atoms with E-state index in [4.69, 9.17) is 15.3 Å². The zero-order valence-corrected chi connectivity index (χ0v) is 18.6. The zero-order valence-electron chi connectivity index (χ0n) is 17.8. The topological polar surface area (TPSA) is 120 Å². The van der Waals surface area contributed by atoms with E-state index in [1.807, 2.05) is 31.2 Å². The number of ether oxygens (including phenoxy) is 1. The molecule has 4 aliphatic carbocycles. The minimum Gasteiger partial charge on any atom is -0.480 e. The highest BCUT2D eigenvalue weighted by Gasteiger charge is 2.61. The molecule has 0 radical (unpaired) electrons. The van der Waals surface area contributed by atoms with Crippen molar-refractivity contribution in [2.24, 2.45) is 22.9 Å². The van der Waals surface area contributed by atoms with Crippen LogP contribution in [-0.2, 0) is 10.0 Å². The second-order valence-corrected chi connectivity index (χ2v) is 11.9. The van der Waals surface area contributed by atoms with Gasteiger partial charge in [0.25, 0.3) is 0 Å². The Hall–Kier alpha value is -2.11. The third-order valence-electron chi connectivity index (χ3n) is 7.35. The number of rotatable bonds is 5. The van der Waals surface area contributed by atoms with E-state index in [1.54, 1.807) is 13.8 Å². The molecule has 8 heteroatoms. The maximum Gasteiger partial charge on any atom is 0.214 e. The number of hydrogen-bond donors (Lipinski definition) is 2. The van der Waals surface area contributed by atoms with Crippen LogP contribution in [0.4, 0.5) is 0 Å². The van der Waals surface area contributed by atoms with Crippen LogP contribution in [0.5, 0.6) is 5.75 Å². The van der Waals surface area contributed by atoms with Crippen LogP contribution in [0.15, 0.2) is 24.3 Å². The Bertz CT molecular complexity index is 997. The van der Waals surface area contributed by atoms with Crippen molar-refractivity contribution < 1.29 is 13.2 Å². The molecule has 0 amide bonds. The van der Waals surface area contributed by atoms with E-state index in [1.165, 1.54) is 4.90 Å². The summed E-state index contributed by atoms with van der Waals surface area (Å²) in [5, 5.41) is 24.5. The molecule has 0 heterocycles. The molecule has 4 bridgehead atoms. The molecule has 162 valence electrons. The van der Waals surface area contributed by atoms with E-state index >= 15 is 0 Å². The summed E-state index contributed by atoms with van der Waals surface area (Å²) in [6.07, 6.45) is 5.61. The van der Waals surface area contributed by atoms with Crippen molar-refractivity contribution in [3.63, 3.8) is 0 Å². The summed E-state index contributed by atoms with van der Waals surface area (Å²) >= 11 is 0. The van der Waals surface area contributed by atoms with Gasteiger partial charge in [-0.2, -0.15) is 5.26 Å². The first-order chi connectivity index (χ1) is 14.0. The van der Waals surface area contributed by atoms with E-state index < -0.39 is 20.4 Å². The van der Waals surface area contributed by atoms with Gasteiger partial charge in [-0.3, -0.25) is 10.3 Å². The predicted molar refractivity (Wildman–Crippen MR) is 114 cm³/mol. The molecule has 1 aromatic carbocycles. The third kappa shape index (κ3) is 3.38. The Morgan fingerprint density at radius 3 is 2.47 bits per heavy atom. The number of nitrogens with two attached hydrogens (primary N) is 1. The first-order valence-corrected chi connectivity index (χ1v) is 12.1. The quantitative estimate of drug-likeness (QED) is 0.322. The molecule has 4 fully saturated rings. The van der Waals surface area contributed by atoms with E-state index in [-0.39, 0.29) is 23.7 Å². The highest BCUT2D eigenvalue weighted by Crippen LogP contribution is 2.59. The lowest BCUT2D eigenvalue weighted by Crippen LogP contribution is -2.66. The van der Waals surface area contributed by atoms with Crippen molar-refractivity contribution >= 4 is 15.9 Å². The summed E-state index contributed by atoms with van der Waals surface area (Å²) in [6.45, 7) is 5.57. The fraction of sp³-hybridized carbons (Fsp3) is 0.636. The Morgan fingerprint density at radius 1 is 1.30 bits per heavy atom. The standard InChI is InChI=1S/C22H30N4O3S/c1-14-5-4-6-18(7-14)29-21(2,3)20(24)26(13-23)19-16-8-15-9-17(19)12-22(10-15,11-16)30(25,27)28/h4-7,15-17,19,24H,8-12H2,1-3H3,(H2,25,27,28). The van der Waals surface area contributed by atoms with Crippen molar-refractivity contribution in [1.82, 2.24) is 4.90 Å². The van der Waals surface area contributed by atoms with E-state index in [2.05, 4.69) is 6.19 Å². The lowest BCUT2D eigenvalue weighted by molar-refractivity contribution is -0.0244. The van der Waals surface area contributed by atoms with Gasteiger partial charge in [-0.15, -0.1) is 0 Å². The fourth-order valence-corrected chi connectivity index (χ4v) is 7.63. The van der Waals surface area contributed by atoms with Gasteiger partial charge in [0, 0.05) is 0 Å². The average molecular weight is 431 g/mol. The predicted octanol–water partition coefficient (Wildman–Crippen LogP) is 3.15. The summed E-state index contributed by atoms with van der Waals surface area (Å²) in [4.78, 5) is 1.49. The Kier molecular flexibility index (Phi) is 4.90. The van der Waals surface area contributed by atoms with Gasteiger partial charge in [0.1, 0.15) is 5.75 Å². The lowest BCUT2D eigenvalue weighted by Gasteiger charge is -2.60. The summed E-state index contributed by atoms with van der Waals surface area (Å²) < 4.78 is 30.0. The second kappa shape index (κ2) is 6.96. The number of nitrogens with one attached hydrogen (secondary N) is 1. The minimum atomic E-state index is -3.65. The Morgan fingerprint density at radius 2 is 1.93 bits per heavy atom. The smallest absolute Gasteiger partial charge is 0.214 e. The van der Waals surface area contributed by atoms with E-state index in [0.717, 1.165) is 18.4 Å². The van der Waals surface area contributed by atoms with Gasteiger partial charge in [0.05, 0.1) is 10.8 Å². The average Bonchev–Trinajstić information content (AvgIpc) is 2.62. The first kappa shape index (κ1) is 21.1. The largest absolute Gasteiger partial charge is 0.480 e. The van der Waals surface area contributed by atoms with E-state index in [9.17, 15) is 13.7 Å². The van der Waals surface area contributed by atoms with E-state index in [0.29, 0.717) is 30.9 Å². The number of aryl methyl sites for hydroxylation is 1. The van der Waals surface area contributed by atoms with Crippen molar-refractivity contribution in [1.29, 1.82) is 10.7 Å². The van der Waals surface area contributed by atoms with Crippen LogP contribution in [0.2, 0.25) is 0 Å². The molecule has 0 aromatic heterocycles. The van der Waals surface area contributed by atoms with Crippen LogP contribution >= 0.6 is 0 Å². The van der Waals surface area contributed by atoms with Crippen LogP contribution in [0, 0.1) is 41.5 Å². The van der Waals surface area contributed by atoms with Crippen molar-refractivity contribution in [3.8, 4) is 11.9 Å². The van der Waals surface area contributed by atoms with Gasteiger partial charge >= 0.3 is 0 Å². The maximum absolute atomic E-state index is 12.4. The van der Waals surface area contributed by atoms with Crippen LogP contribution in [0.3, 0.4) is 0 Å². The van der Waals surface area contributed by atoms with Crippen LogP contribution in [-0.4, -0.2) is 35.5 Å². The molecule has 0 aliphatic heterocycles. The van der Waals surface area contributed by atoms with Crippen molar-refractivity contribution in [3.05, 3.63) is 29.8 Å². The van der Waals surface area contributed by atoms with Gasteiger partial charge < -0.3 is 4.74 Å². The number of sulfonamides is 1. The first-order valence-electron chi connectivity index (χ1n) is 10.5. The van der Waals surface area contributed by atoms with Crippen LogP contribution < -0.4 is 9.88 Å². The summed E-state index contributed by atoms with van der Waals surface area (Å²) in [5.41, 5.74) is 0.0526. The molecule has 0 saturated heterocycles. The highest BCUT2D eigenvalue weighted by atomic mass is 32.2. The molecule has 3 N–H and O–H groups in total. The van der Waals surface area contributed by atoms with Gasteiger partial charge in [0.15, 0.2) is 17.6 Å². The monoisotopic (exact) mass is 430 g/mol. The Balaban J connectivity index is 1.59. The zero-order chi connectivity index (χ0) is 21.9. The number of hydrogen-bond acceptors (Lipinski definition) is 5. The second-order valence-electron chi connectivity index (χ2n) is 9.94. The van der Waals surface area contributed by atoms with Gasteiger partial charge in [-0.1, -0.05) is 12.1 Å². The molecule has 0 spiro atoms. The number of primary sulfonamides is 1. The minimum absolute atomic E-state index is 0.0457. The summed E-state index contributed by atoms with van der Waals surface area (Å²) in [5.74, 6) is 1.19.